The van der Waals surface area contributed by atoms with Crippen LogP contribution in [0.15, 0.2) is 24.3 Å². The zero-order valence-corrected chi connectivity index (χ0v) is 51.3. The number of hydrogen-bond donors (Lipinski definition) is 7. The van der Waals surface area contributed by atoms with Gasteiger partial charge in [0.25, 0.3) is 0 Å². The highest BCUT2D eigenvalue weighted by molar-refractivity contribution is 5.80. The van der Waals surface area contributed by atoms with Gasteiger partial charge >= 0.3 is 0 Å². The van der Waals surface area contributed by atoms with E-state index in [1.165, 1.54) is 276 Å². The van der Waals surface area contributed by atoms with Crippen LogP contribution >= 0.6 is 0 Å². The van der Waals surface area contributed by atoms with E-state index in [1.807, 2.05) is 6.08 Å². The van der Waals surface area contributed by atoms with E-state index in [0.717, 1.165) is 44.9 Å². The molecule has 1 rings (SSSR count). The molecule has 0 saturated carbocycles. The predicted octanol–water partition coefficient (Wildman–Crippen LogP) is 17.1. The van der Waals surface area contributed by atoms with E-state index in [1.54, 1.807) is 6.08 Å². The van der Waals surface area contributed by atoms with E-state index < -0.39 is 61.5 Å². The fourth-order valence-electron chi connectivity index (χ4n) is 11.2. The van der Waals surface area contributed by atoms with Crippen molar-refractivity contribution < 1.29 is 44.9 Å². The molecule has 78 heavy (non-hydrogen) atoms. The van der Waals surface area contributed by atoms with Crippen molar-refractivity contribution in [1.29, 1.82) is 0 Å². The minimum atomic E-state index is -1.61. The van der Waals surface area contributed by atoms with Gasteiger partial charge in [-0.3, -0.25) is 4.79 Å². The number of aliphatic hydroxyl groups is 6. The third-order valence-corrected chi connectivity index (χ3v) is 16.6. The summed E-state index contributed by atoms with van der Waals surface area (Å²) in [5.74, 6) is -0.611. The summed E-state index contributed by atoms with van der Waals surface area (Å²) >= 11 is 0. The van der Waals surface area contributed by atoms with Gasteiger partial charge in [0.2, 0.25) is 5.91 Å². The quantitative estimate of drug-likeness (QED) is 0.0232. The van der Waals surface area contributed by atoms with Crippen LogP contribution in [-0.2, 0) is 14.3 Å². The largest absolute Gasteiger partial charge is 0.394 e. The fourth-order valence-corrected chi connectivity index (χ4v) is 11.2. The maximum absolute atomic E-state index is 13.2. The Morgan fingerprint density at radius 3 is 1.08 bits per heavy atom. The molecular weight excluding hydrogens is 975 g/mol. The van der Waals surface area contributed by atoms with E-state index >= 15 is 0 Å². The number of unbranched alkanes of at least 4 members (excludes halogenated alkanes) is 47. The maximum atomic E-state index is 13.2. The molecule has 0 aromatic rings. The van der Waals surface area contributed by atoms with Gasteiger partial charge < -0.3 is 45.4 Å². The Bertz CT molecular complexity index is 1300. The fraction of sp³-hybridized carbons (Fsp3) is 0.926. The van der Waals surface area contributed by atoms with Crippen molar-refractivity contribution in [3.8, 4) is 0 Å². The molecule has 1 amide bonds. The first-order valence-corrected chi connectivity index (χ1v) is 34.2. The van der Waals surface area contributed by atoms with Crippen molar-refractivity contribution in [3.63, 3.8) is 0 Å². The van der Waals surface area contributed by atoms with Gasteiger partial charge in [-0.2, -0.15) is 0 Å². The zero-order chi connectivity index (χ0) is 56.6. The van der Waals surface area contributed by atoms with E-state index in [4.69, 9.17) is 9.47 Å². The molecule has 1 fully saturated rings. The van der Waals surface area contributed by atoms with Crippen LogP contribution in [-0.4, -0.2) is 98.7 Å². The minimum absolute atomic E-state index is 0.302. The Labute approximate surface area is 482 Å². The van der Waals surface area contributed by atoms with E-state index in [9.17, 15) is 35.4 Å². The molecule has 7 N–H and O–H groups in total. The first-order chi connectivity index (χ1) is 38.3. The van der Waals surface area contributed by atoms with Crippen LogP contribution in [0.25, 0.3) is 0 Å². The molecule has 1 saturated heterocycles. The summed E-state index contributed by atoms with van der Waals surface area (Å²) in [5.41, 5.74) is 0. The molecule has 8 unspecified atom stereocenters. The molecule has 1 heterocycles. The third-order valence-electron chi connectivity index (χ3n) is 16.6. The molecule has 10 heteroatoms. The number of carbonyl (C=O) groups excluding carboxylic acids is 1. The summed E-state index contributed by atoms with van der Waals surface area (Å²) in [6.07, 6.45) is 64.7. The summed E-state index contributed by atoms with van der Waals surface area (Å²) in [5, 5.41) is 65.2. The Morgan fingerprint density at radius 2 is 0.744 bits per heavy atom. The summed E-state index contributed by atoms with van der Waals surface area (Å²) < 4.78 is 11.2. The molecule has 462 valence electrons. The second-order valence-corrected chi connectivity index (χ2v) is 24.1. The van der Waals surface area contributed by atoms with Gasteiger partial charge in [-0.05, 0) is 44.9 Å². The molecule has 8 atom stereocenters. The van der Waals surface area contributed by atoms with Crippen molar-refractivity contribution in [2.24, 2.45) is 0 Å². The summed E-state index contributed by atoms with van der Waals surface area (Å²) in [6.45, 7) is 3.66. The third kappa shape index (κ3) is 45.2. The Kier molecular flexibility index (Phi) is 55.0. The number of rotatable bonds is 60. The molecule has 0 radical (unpaired) electrons. The van der Waals surface area contributed by atoms with Crippen molar-refractivity contribution in [2.75, 3.05) is 13.2 Å². The lowest BCUT2D eigenvalue weighted by molar-refractivity contribution is -0.302. The van der Waals surface area contributed by atoms with Gasteiger partial charge in [-0.15, -0.1) is 0 Å². The molecule has 0 aromatic heterocycles. The second kappa shape index (κ2) is 57.4. The lowest BCUT2D eigenvalue weighted by Gasteiger charge is -2.40. The van der Waals surface area contributed by atoms with E-state index in [0.29, 0.717) is 6.42 Å². The normalized spacial score (nSPS) is 19.1. The van der Waals surface area contributed by atoms with Crippen LogP contribution < -0.4 is 5.32 Å². The Balaban J connectivity index is 2.07. The van der Waals surface area contributed by atoms with E-state index in [2.05, 4.69) is 31.3 Å². The van der Waals surface area contributed by atoms with Crippen LogP contribution in [0.4, 0.5) is 0 Å². The molecular formula is C68H131NO9. The zero-order valence-electron chi connectivity index (χ0n) is 51.3. The first kappa shape index (κ1) is 74.6. The Hall–Kier alpha value is -1.37. The predicted molar refractivity (Wildman–Crippen MR) is 329 cm³/mol. The standard InChI is InChI=1S/C68H131NO9/c1-3-5-7-9-11-13-15-17-19-20-21-22-23-24-25-26-27-28-29-30-31-32-33-34-35-36-37-38-39-40-41-43-45-47-49-51-53-55-57-62(72)67(76)69-60(59-77-68-66(75)65(74)64(73)63(58-70)78-68)61(71)56-54-52-50-48-46-44-42-18-16-14-12-10-8-6-4-2/h30-31,54,56,60-66,68,70-75H,3-29,32-53,55,57-59H2,1-2H3,(H,69,76)/b31-30-,56-54+. The average molecular weight is 1110 g/mol. The summed E-state index contributed by atoms with van der Waals surface area (Å²) in [4.78, 5) is 13.2. The summed E-state index contributed by atoms with van der Waals surface area (Å²) in [6, 6.07) is -0.979. The van der Waals surface area contributed by atoms with Gasteiger partial charge in [0, 0.05) is 0 Å². The minimum Gasteiger partial charge on any atom is -0.394 e. The van der Waals surface area contributed by atoms with Gasteiger partial charge in [-0.1, -0.05) is 321 Å². The second-order valence-electron chi connectivity index (χ2n) is 24.1. The van der Waals surface area contributed by atoms with Crippen LogP contribution in [0.5, 0.6) is 0 Å². The van der Waals surface area contributed by atoms with Crippen LogP contribution in [0.2, 0.25) is 0 Å². The highest BCUT2D eigenvalue weighted by Crippen LogP contribution is 2.23. The number of allylic oxidation sites excluding steroid dienone is 3. The Morgan fingerprint density at radius 1 is 0.436 bits per heavy atom. The van der Waals surface area contributed by atoms with E-state index in [-0.39, 0.29) is 6.61 Å². The summed E-state index contributed by atoms with van der Waals surface area (Å²) in [7, 11) is 0. The molecule has 0 aliphatic carbocycles. The molecule has 1 aliphatic rings. The van der Waals surface area contributed by atoms with Crippen LogP contribution in [0.1, 0.15) is 341 Å². The van der Waals surface area contributed by atoms with Crippen molar-refractivity contribution in [3.05, 3.63) is 24.3 Å². The van der Waals surface area contributed by atoms with Crippen molar-refractivity contribution in [2.45, 2.75) is 390 Å². The van der Waals surface area contributed by atoms with Crippen LogP contribution in [0, 0.1) is 0 Å². The molecule has 10 nitrogen and oxygen atoms in total. The highest BCUT2D eigenvalue weighted by atomic mass is 16.7. The van der Waals surface area contributed by atoms with Gasteiger partial charge in [0.1, 0.15) is 30.5 Å². The monoisotopic (exact) mass is 1110 g/mol. The molecule has 0 bridgehead atoms. The number of ether oxygens (including phenoxy) is 2. The smallest absolute Gasteiger partial charge is 0.249 e. The molecule has 0 aromatic carbocycles. The van der Waals surface area contributed by atoms with Crippen molar-refractivity contribution in [1.82, 2.24) is 5.32 Å². The van der Waals surface area contributed by atoms with Crippen LogP contribution in [0.3, 0.4) is 0 Å². The first-order valence-electron chi connectivity index (χ1n) is 34.2. The molecule has 0 spiro atoms. The topological polar surface area (TPSA) is 169 Å². The SMILES string of the molecule is CCCCCCCCCCCCCCC/C=C/C(O)C(COC1OC(CO)C(O)C(O)C1O)NC(=O)C(O)CCCCCCCCCCCCCCCCCC/C=C\CCCCCCCCCCCCCCCCCCCC. The van der Waals surface area contributed by atoms with Gasteiger partial charge in [-0.25, -0.2) is 0 Å². The lowest BCUT2D eigenvalue weighted by Crippen LogP contribution is -2.60. The number of amides is 1. The highest BCUT2D eigenvalue weighted by Gasteiger charge is 2.44. The van der Waals surface area contributed by atoms with Gasteiger partial charge in [0.15, 0.2) is 6.29 Å². The number of aliphatic hydroxyl groups excluding tert-OH is 6. The maximum Gasteiger partial charge on any atom is 0.249 e. The van der Waals surface area contributed by atoms with Gasteiger partial charge in [0.05, 0.1) is 25.4 Å². The number of nitrogens with one attached hydrogen (secondary N) is 1. The average Bonchev–Trinajstić information content (AvgIpc) is 3.44. The van der Waals surface area contributed by atoms with Crippen molar-refractivity contribution >= 4 is 5.91 Å². The molecule has 1 aliphatic heterocycles. The number of hydrogen-bond acceptors (Lipinski definition) is 9. The number of carbonyl (C=O) groups is 1. The lowest BCUT2D eigenvalue weighted by atomic mass is 9.99.